The van der Waals surface area contributed by atoms with Gasteiger partial charge in [-0.1, -0.05) is 25.1 Å². The van der Waals surface area contributed by atoms with Crippen LogP contribution in [0.5, 0.6) is 0 Å². The number of hydrogen-bond donors (Lipinski definition) is 1. The highest BCUT2D eigenvalue weighted by Gasteiger charge is 2.06. The number of hydrogen-bond acceptors (Lipinski definition) is 4. The fourth-order valence-electron chi connectivity index (χ4n) is 2.24. The zero-order valence-corrected chi connectivity index (χ0v) is 15.3. The quantitative estimate of drug-likeness (QED) is 0.625. The number of aryl methyl sites for hydroxylation is 1. The number of benzene rings is 1. The van der Waals surface area contributed by atoms with E-state index in [2.05, 4.69) is 17.2 Å². The van der Waals surface area contributed by atoms with Crippen LogP contribution in [0.15, 0.2) is 47.9 Å². The Morgan fingerprint density at radius 2 is 2.12 bits per heavy atom. The molecule has 0 aliphatic rings. The van der Waals surface area contributed by atoms with Crippen LogP contribution in [0.1, 0.15) is 22.5 Å². The van der Waals surface area contributed by atoms with E-state index in [0.29, 0.717) is 12.1 Å². The van der Waals surface area contributed by atoms with Gasteiger partial charge in [0.15, 0.2) is 0 Å². The van der Waals surface area contributed by atoms with E-state index in [1.54, 1.807) is 29.5 Å². The van der Waals surface area contributed by atoms with Crippen LogP contribution in [0.4, 0.5) is 4.39 Å². The molecule has 3 rings (SSSR count). The molecule has 1 amide bonds. The summed E-state index contributed by atoms with van der Waals surface area (Å²) in [4.78, 5) is 18.1. The molecule has 6 heteroatoms. The van der Waals surface area contributed by atoms with Crippen LogP contribution >= 0.6 is 22.7 Å². The number of thiophene rings is 1. The van der Waals surface area contributed by atoms with Gasteiger partial charge in [0.2, 0.25) is 5.91 Å². The lowest BCUT2D eigenvalue weighted by Crippen LogP contribution is -2.20. The average molecular weight is 372 g/mol. The molecule has 0 spiro atoms. The van der Waals surface area contributed by atoms with Crippen LogP contribution in [-0.4, -0.2) is 10.9 Å². The van der Waals surface area contributed by atoms with Gasteiger partial charge in [0, 0.05) is 26.8 Å². The van der Waals surface area contributed by atoms with Crippen molar-refractivity contribution in [3.05, 3.63) is 69.3 Å². The third kappa shape index (κ3) is 4.61. The SMILES string of the molecule is CCc1nc(CNC(=O)/C=C/c2ccc(-c3ccccc3F)s2)cs1. The molecule has 3 aromatic rings. The minimum absolute atomic E-state index is 0.174. The van der Waals surface area contributed by atoms with E-state index in [4.69, 9.17) is 0 Å². The molecule has 1 N–H and O–H groups in total. The molecule has 0 bridgehead atoms. The molecule has 1 aromatic carbocycles. The minimum atomic E-state index is -0.243. The highest BCUT2D eigenvalue weighted by atomic mass is 32.1. The summed E-state index contributed by atoms with van der Waals surface area (Å²) in [7, 11) is 0. The van der Waals surface area contributed by atoms with Gasteiger partial charge in [-0.25, -0.2) is 9.37 Å². The number of halogens is 1. The first kappa shape index (κ1) is 17.5. The first-order chi connectivity index (χ1) is 12.2. The molecule has 2 aromatic heterocycles. The highest BCUT2D eigenvalue weighted by Crippen LogP contribution is 2.30. The number of carbonyl (C=O) groups is 1. The summed E-state index contributed by atoms with van der Waals surface area (Å²) in [5, 5.41) is 5.85. The molecule has 128 valence electrons. The van der Waals surface area contributed by atoms with Crippen molar-refractivity contribution in [2.75, 3.05) is 0 Å². The standard InChI is InChI=1S/C19H17FN2OS2/c1-2-19-22-13(12-24-19)11-21-18(23)10-8-14-7-9-17(25-14)15-5-3-4-6-16(15)20/h3-10,12H,2,11H2,1H3,(H,21,23)/b10-8+. The molecule has 3 nitrogen and oxygen atoms in total. The van der Waals surface area contributed by atoms with Crippen LogP contribution in [0.2, 0.25) is 0 Å². The Morgan fingerprint density at radius 1 is 1.28 bits per heavy atom. The molecule has 0 radical (unpaired) electrons. The van der Waals surface area contributed by atoms with Gasteiger partial charge in [-0.2, -0.15) is 0 Å². The summed E-state index contributed by atoms with van der Waals surface area (Å²) in [5.41, 5.74) is 1.45. The summed E-state index contributed by atoms with van der Waals surface area (Å²) >= 11 is 3.05. The predicted octanol–water partition coefficient (Wildman–Crippen LogP) is 4.90. The molecular weight excluding hydrogens is 355 g/mol. The Balaban J connectivity index is 1.58. The molecule has 0 atom stereocenters. The Hall–Kier alpha value is -2.31. The maximum absolute atomic E-state index is 13.8. The van der Waals surface area contributed by atoms with E-state index in [0.717, 1.165) is 26.9 Å². The summed E-state index contributed by atoms with van der Waals surface area (Å²) in [6, 6.07) is 10.4. The summed E-state index contributed by atoms with van der Waals surface area (Å²) < 4.78 is 13.8. The number of nitrogens with zero attached hydrogens (tertiary/aromatic N) is 1. The van der Waals surface area contributed by atoms with Crippen molar-refractivity contribution in [3.8, 4) is 10.4 Å². The Bertz CT molecular complexity index is 898. The fraction of sp³-hybridized carbons (Fsp3) is 0.158. The van der Waals surface area contributed by atoms with Gasteiger partial charge in [-0.15, -0.1) is 22.7 Å². The van der Waals surface area contributed by atoms with Crippen molar-refractivity contribution >= 4 is 34.7 Å². The highest BCUT2D eigenvalue weighted by molar-refractivity contribution is 7.16. The normalized spacial score (nSPS) is 11.1. The zero-order chi connectivity index (χ0) is 17.6. The number of rotatable bonds is 6. The van der Waals surface area contributed by atoms with Gasteiger partial charge in [0.25, 0.3) is 0 Å². The lowest BCUT2D eigenvalue weighted by atomic mass is 10.2. The number of carbonyl (C=O) groups excluding carboxylic acids is 1. The molecule has 0 saturated carbocycles. The third-order valence-electron chi connectivity index (χ3n) is 3.51. The van der Waals surface area contributed by atoms with Gasteiger partial charge in [0.05, 0.1) is 17.2 Å². The van der Waals surface area contributed by atoms with Gasteiger partial charge < -0.3 is 5.32 Å². The largest absolute Gasteiger partial charge is 0.347 e. The molecular formula is C19H17FN2OS2. The monoisotopic (exact) mass is 372 g/mol. The van der Waals surface area contributed by atoms with Crippen LogP contribution in [0.3, 0.4) is 0 Å². The van der Waals surface area contributed by atoms with Gasteiger partial charge in [0.1, 0.15) is 5.82 Å². The molecule has 2 heterocycles. The van der Waals surface area contributed by atoms with Crippen molar-refractivity contribution in [2.24, 2.45) is 0 Å². The van der Waals surface area contributed by atoms with Crippen molar-refractivity contribution in [3.63, 3.8) is 0 Å². The second-order valence-corrected chi connectivity index (χ2v) is 7.38. The molecule has 0 aliphatic carbocycles. The van der Waals surface area contributed by atoms with E-state index < -0.39 is 0 Å². The van der Waals surface area contributed by atoms with Crippen LogP contribution in [-0.2, 0) is 17.8 Å². The summed E-state index contributed by atoms with van der Waals surface area (Å²) in [6.45, 7) is 2.48. The molecule has 0 fully saturated rings. The van der Waals surface area contributed by atoms with E-state index in [1.807, 2.05) is 23.6 Å². The van der Waals surface area contributed by atoms with Crippen molar-refractivity contribution in [1.29, 1.82) is 0 Å². The number of nitrogens with one attached hydrogen (secondary N) is 1. The molecule has 0 unspecified atom stereocenters. The van der Waals surface area contributed by atoms with Crippen LogP contribution < -0.4 is 5.32 Å². The van der Waals surface area contributed by atoms with Gasteiger partial charge in [-0.05, 0) is 30.7 Å². The van der Waals surface area contributed by atoms with E-state index in [-0.39, 0.29) is 11.7 Å². The average Bonchev–Trinajstić information content (AvgIpc) is 3.28. The topological polar surface area (TPSA) is 42.0 Å². The second-order valence-electron chi connectivity index (χ2n) is 5.32. The zero-order valence-electron chi connectivity index (χ0n) is 13.7. The summed E-state index contributed by atoms with van der Waals surface area (Å²) in [6.07, 6.45) is 4.13. The smallest absolute Gasteiger partial charge is 0.244 e. The van der Waals surface area contributed by atoms with Crippen LogP contribution in [0.25, 0.3) is 16.5 Å². The Morgan fingerprint density at radius 3 is 2.88 bits per heavy atom. The van der Waals surface area contributed by atoms with Gasteiger partial charge in [-0.3, -0.25) is 4.79 Å². The lowest BCUT2D eigenvalue weighted by molar-refractivity contribution is -0.116. The second kappa shape index (κ2) is 8.18. The lowest BCUT2D eigenvalue weighted by Gasteiger charge is -1.98. The molecule has 25 heavy (non-hydrogen) atoms. The predicted molar refractivity (Wildman–Crippen MR) is 102 cm³/mol. The maximum atomic E-state index is 13.8. The molecule has 0 saturated heterocycles. The summed E-state index contributed by atoms with van der Waals surface area (Å²) in [5.74, 6) is -0.417. The maximum Gasteiger partial charge on any atom is 0.244 e. The number of thiazole rings is 1. The Labute approximate surface area is 153 Å². The third-order valence-corrected chi connectivity index (χ3v) is 5.64. The van der Waals surface area contributed by atoms with Crippen molar-refractivity contribution in [2.45, 2.75) is 19.9 Å². The number of aromatic nitrogens is 1. The fourth-order valence-corrected chi connectivity index (χ4v) is 3.92. The van der Waals surface area contributed by atoms with Crippen molar-refractivity contribution < 1.29 is 9.18 Å². The van der Waals surface area contributed by atoms with Crippen LogP contribution in [0, 0.1) is 5.82 Å². The first-order valence-corrected chi connectivity index (χ1v) is 9.59. The van der Waals surface area contributed by atoms with Gasteiger partial charge >= 0.3 is 0 Å². The number of amides is 1. The Kier molecular flexibility index (Phi) is 5.73. The van der Waals surface area contributed by atoms with Crippen molar-refractivity contribution in [1.82, 2.24) is 10.3 Å². The van der Waals surface area contributed by atoms with E-state index in [9.17, 15) is 9.18 Å². The first-order valence-electron chi connectivity index (χ1n) is 7.89. The minimum Gasteiger partial charge on any atom is -0.347 e. The van der Waals surface area contributed by atoms with E-state index in [1.165, 1.54) is 23.5 Å². The molecule has 0 aliphatic heterocycles. The van der Waals surface area contributed by atoms with E-state index >= 15 is 0 Å².